The van der Waals surface area contributed by atoms with Gasteiger partial charge in [-0.25, -0.2) is 14.3 Å². The Morgan fingerprint density at radius 3 is 2.86 bits per heavy atom. The molecule has 2 aromatic rings. The van der Waals surface area contributed by atoms with Crippen LogP contribution in [0.4, 0.5) is 0 Å². The molecule has 0 spiro atoms. The number of hydrogen-bond acceptors (Lipinski definition) is 7. The summed E-state index contributed by atoms with van der Waals surface area (Å²) in [7, 11) is -3.30. The number of nitrogens with zero attached hydrogens (tertiary/aromatic N) is 1. The predicted octanol–water partition coefficient (Wildman–Crippen LogP) is 0.261. The number of aromatic nitrogens is 1. The number of hydrogen-bond donors (Lipinski definition) is 2. The van der Waals surface area contributed by atoms with Gasteiger partial charge in [-0.1, -0.05) is 11.2 Å². The van der Waals surface area contributed by atoms with Gasteiger partial charge in [0.2, 0.25) is 0 Å². The number of sulfone groups is 1. The van der Waals surface area contributed by atoms with Crippen LogP contribution in [-0.2, 0) is 16.4 Å². The third kappa shape index (κ3) is 3.80. The molecule has 21 heavy (non-hydrogen) atoms. The maximum atomic E-state index is 11.4. The van der Waals surface area contributed by atoms with E-state index in [4.69, 9.17) is 15.1 Å². The Morgan fingerprint density at radius 2 is 2.19 bits per heavy atom. The zero-order valence-electron chi connectivity index (χ0n) is 11.1. The number of carbonyl (C=O) groups is 1. The largest absolute Gasteiger partial charge is 0.486 e. The average Bonchev–Trinajstić information content (AvgIpc) is 2.92. The van der Waals surface area contributed by atoms with Crippen LogP contribution < -0.4 is 16.0 Å². The first-order chi connectivity index (χ1) is 9.90. The van der Waals surface area contributed by atoms with Gasteiger partial charge in [-0.05, 0) is 18.2 Å². The van der Waals surface area contributed by atoms with Crippen LogP contribution >= 0.6 is 0 Å². The van der Waals surface area contributed by atoms with Gasteiger partial charge in [-0.2, -0.15) is 0 Å². The Morgan fingerprint density at radius 1 is 1.43 bits per heavy atom. The second-order valence-corrected chi connectivity index (χ2v) is 6.20. The molecule has 8 nitrogen and oxygen atoms in total. The number of nitrogens with one attached hydrogen (secondary N) is 1. The number of nitrogen functional groups attached to an aromatic ring is 1. The molecule has 0 radical (unpaired) electrons. The Balaban J connectivity index is 2.07. The van der Waals surface area contributed by atoms with E-state index in [0.29, 0.717) is 11.5 Å². The van der Waals surface area contributed by atoms with Crippen LogP contribution in [0.2, 0.25) is 0 Å². The minimum atomic E-state index is -3.30. The molecular weight excluding hydrogens is 298 g/mol. The first-order valence-electron chi connectivity index (χ1n) is 5.79. The minimum absolute atomic E-state index is 0.00192. The van der Waals surface area contributed by atoms with E-state index >= 15 is 0 Å². The monoisotopic (exact) mass is 311 g/mol. The predicted molar refractivity (Wildman–Crippen MR) is 72.0 cm³/mol. The van der Waals surface area contributed by atoms with Gasteiger partial charge in [0.05, 0.1) is 4.90 Å². The van der Waals surface area contributed by atoms with Crippen LogP contribution in [0.1, 0.15) is 16.2 Å². The quantitative estimate of drug-likeness (QED) is 0.461. The second kappa shape index (κ2) is 5.94. The summed E-state index contributed by atoms with van der Waals surface area (Å²) in [5, 5.41) is 3.51. The molecule has 1 aromatic carbocycles. The van der Waals surface area contributed by atoms with Crippen LogP contribution in [-0.4, -0.2) is 25.7 Å². The van der Waals surface area contributed by atoms with E-state index in [1.165, 1.54) is 18.2 Å². The van der Waals surface area contributed by atoms with Crippen LogP contribution in [0.3, 0.4) is 0 Å². The summed E-state index contributed by atoms with van der Waals surface area (Å²) in [6, 6.07) is 7.43. The van der Waals surface area contributed by atoms with Gasteiger partial charge < -0.3 is 9.26 Å². The zero-order chi connectivity index (χ0) is 15.5. The normalized spacial score (nSPS) is 11.1. The zero-order valence-corrected chi connectivity index (χ0v) is 11.9. The van der Waals surface area contributed by atoms with Gasteiger partial charge in [0.25, 0.3) is 5.91 Å². The van der Waals surface area contributed by atoms with Crippen LogP contribution in [0.5, 0.6) is 5.75 Å². The van der Waals surface area contributed by atoms with Gasteiger partial charge in [0.15, 0.2) is 21.3 Å². The van der Waals surface area contributed by atoms with Crippen molar-refractivity contribution in [2.75, 3.05) is 6.26 Å². The Bertz CT molecular complexity index is 754. The van der Waals surface area contributed by atoms with Crippen molar-refractivity contribution in [1.29, 1.82) is 0 Å². The first kappa shape index (κ1) is 15.0. The fourth-order valence-corrected chi connectivity index (χ4v) is 2.17. The van der Waals surface area contributed by atoms with Gasteiger partial charge in [0.1, 0.15) is 12.4 Å². The molecule has 0 aliphatic heterocycles. The van der Waals surface area contributed by atoms with Crippen molar-refractivity contribution in [2.24, 2.45) is 5.84 Å². The van der Waals surface area contributed by atoms with Crippen LogP contribution in [0.25, 0.3) is 0 Å². The molecule has 1 amide bonds. The van der Waals surface area contributed by atoms with E-state index < -0.39 is 15.7 Å². The molecule has 0 aliphatic carbocycles. The molecule has 3 N–H and O–H groups in total. The van der Waals surface area contributed by atoms with Gasteiger partial charge in [0, 0.05) is 12.3 Å². The second-order valence-electron chi connectivity index (χ2n) is 4.19. The molecular formula is C12H13N3O5S. The number of nitrogens with two attached hydrogens (primary N) is 1. The molecule has 1 heterocycles. The summed E-state index contributed by atoms with van der Waals surface area (Å²) in [6.45, 7) is -0.00192. The van der Waals surface area contributed by atoms with Crippen molar-refractivity contribution in [3.63, 3.8) is 0 Å². The van der Waals surface area contributed by atoms with Gasteiger partial charge >= 0.3 is 0 Å². The Kier molecular flexibility index (Phi) is 4.24. The molecule has 0 fully saturated rings. The molecule has 0 saturated carbocycles. The number of carbonyl (C=O) groups excluding carboxylic acids is 1. The lowest BCUT2D eigenvalue weighted by Crippen LogP contribution is -2.30. The third-order valence-electron chi connectivity index (χ3n) is 2.54. The molecule has 0 bridgehead atoms. The number of benzene rings is 1. The van der Waals surface area contributed by atoms with E-state index in [-0.39, 0.29) is 17.2 Å². The molecule has 0 saturated heterocycles. The van der Waals surface area contributed by atoms with Crippen LogP contribution in [0, 0.1) is 0 Å². The van der Waals surface area contributed by atoms with E-state index in [1.54, 1.807) is 12.1 Å². The molecule has 1 aromatic heterocycles. The van der Waals surface area contributed by atoms with Crippen molar-refractivity contribution >= 4 is 15.7 Å². The highest BCUT2D eigenvalue weighted by Crippen LogP contribution is 2.18. The van der Waals surface area contributed by atoms with Gasteiger partial charge in [-0.15, -0.1) is 0 Å². The summed E-state index contributed by atoms with van der Waals surface area (Å²) in [4.78, 5) is 11.3. The summed E-state index contributed by atoms with van der Waals surface area (Å²) in [6.07, 6.45) is 1.11. The van der Waals surface area contributed by atoms with Crippen molar-refractivity contribution in [3.8, 4) is 5.75 Å². The number of amides is 1. The highest BCUT2D eigenvalue weighted by atomic mass is 32.2. The highest BCUT2D eigenvalue weighted by Gasteiger charge is 2.12. The Labute approximate surface area is 120 Å². The third-order valence-corrected chi connectivity index (χ3v) is 3.65. The maximum Gasteiger partial charge on any atom is 0.287 e. The Hall–Kier alpha value is -2.39. The van der Waals surface area contributed by atoms with E-state index in [0.717, 1.165) is 6.26 Å². The fourth-order valence-electron chi connectivity index (χ4n) is 1.51. The lowest BCUT2D eigenvalue weighted by molar-refractivity contribution is 0.0944. The summed E-state index contributed by atoms with van der Waals surface area (Å²) >= 11 is 0. The SMILES string of the molecule is CS(=O)(=O)c1cccc(OCc2cc(C(=O)NN)no2)c1. The molecule has 0 atom stereocenters. The summed E-state index contributed by atoms with van der Waals surface area (Å²) in [5.74, 6) is 5.05. The summed E-state index contributed by atoms with van der Waals surface area (Å²) < 4.78 is 33.2. The number of ether oxygens (including phenoxy) is 1. The van der Waals surface area contributed by atoms with E-state index in [2.05, 4.69) is 5.16 Å². The molecule has 112 valence electrons. The maximum absolute atomic E-state index is 11.4. The van der Waals surface area contributed by atoms with Crippen LogP contribution in [0.15, 0.2) is 39.8 Å². The topological polar surface area (TPSA) is 125 Å². The lowest BCUT2D eigenvalue weighted by Gasteiger charge is -2.05. The molecule has 9 heteroatoms. The number of hydrazine groups is 1. The van der Waals surface area contributed by atoms with Crippen molar-refractivity contribution < 1.29 is 22.5 Å². The average molecular weight is 311 g/mol. The first-order valence-corrected chi connectivity index (χ1v) is 7.69. The standard InChI is InChI=1S/C12H13N3O5S/c1-21(17,18)10-4-2-3-8(5-10)19-7-9-6-11(15-20-9)12(16)14-13/h2-6H,7,13H2,1H3,(H,14,16). The van der Waals surface area contributed by atoms with Crippen molar-refractivity contribution in [3.05, 3.63) is 41.8 Å². The van der Waals surface area contributed by atoms with Crippen molar-refractivity contribution in [1.82, 2.24) is 10.6 Å². The van der Waals surface area contributed by atoms with Gasteiger partial charge in [-0.3, -0.25) is 10.2 Å². The smallest absolute Gasteiger partial charge is 0.287 e. The lowest BCUT2D eigenvalue weighted by atomic mass is 10.3. The van der Waals surface area contributed by atoms with Crippen molar-refractivity contribution in [2.45, 2.75) is 11.5 Å². The highest BCUT2D eigenvalue weighted by molar-refractivity contribution is 7.90. The number of rotatable bonds is 5. The fraction of sp³-hybridized carbons (Fsp3) is 0.167. The minimum Gasteiger partial charge on any atom is -0.486 e. The molecule has 2 rings (SSSR count). The molecule has 0 aliphatic rings. The van der Waals surface area contributed by atoms with E-state index in [1.807, 2.05) is 5.43 Å². The summed E-state index contributed by atoms with van der Waals surface area (Å²) in [5.41, 5.74) is 1.95. The molecule has 0 unspecified atom stereocenters. The van der Waals surface area contributed by atoms with E-state index in [9.17, 15) is 13.2 Å².